The van der Waals surface area contributed by atoms with Gasteiger partial charge in [-0.15, -0.1) is 0 Å². The number of carbonyl (C=O) groups is 5. The van der Waals surface area contributed by atoms with E-state index in [1.54, 1.807) is 18.2 Å². The number of carboxylic acids is 2. The second-order valence-corrected chi connectivity index (χ2v) is 13.0. The molecule has 1 heterocycles. The van der Waals surface area contributed by atoms with Crippen LogP contribution in [0.2, 0.25) is 0 Å². The summed E-state index contributed by atoms with van der Waals surface area (Å²) in [4.78, 5) is 65.2. The van der Waals surface area contributed by atoms with Gasteiger partial charge in [-0.3, -0.25) is 19.1 Å². The van der Waals surface area contributed by atoms with E-state index < -0.39 is 73.8 Å². The van der Waals surface area contributed by atoms with E-state index in [0.717, 1.165) is 48.3 Å². The van der Waals surface area contributed by atoms with Crippen LogP contribution in [0.25, 0.3) is 0 Å². The van der Waals surface area contributed by atoms with Gasteiger partial charge >= 0.3 is 94.7 Å². The van der Waals surface area contributed by atoms with E-state index in [1.165, 1.54) is 43.3 Å². The van der Waals surface area contributed by atoms with Crippen LogP contribution in [0.3, 0.4) is 0 Å². The fraction of sp³-hybridized carbons (Fsp3) is 0.114. The van der Waals surface area contributed by atoms with E-state index in [4.69, 9.17) is 0 Å². The average Bonchev–Trinajstić information content (AvgIpc) is 3.43. The Balaban J connectivity index is 0.00000400. The number of anilines is 3. The third kappa shape index (κ3) is 13.2. The minimum atomic E-state index is -4.58. The SMILES string of the molecule is CC(=O)C(N=Nc1ccc(NC(=O)Nc2ccc(N=NC3C(=O)N(c4cccc(S(=O)(=O)O)c4)N=C3C)c(C(=O)[O-])c2)cc1C(=O)[O-])C([O-])=Nc1ccccc1.[Na+].[Na+].[Na+]. The van der Waals surface area contributed by atoms with Crippen molar-refractivity contribution in [1.29, 1.82) is 0 Å². The van der Waals surface area contributed by atoms with Crippen LogP contribution >= 0.6 is 0 Å². The maximum absolute atomic E-state index is 13.1. The Kier molecular flexibility index (Phi) is 19.0. The number of urea groups is 1. The molecule has 59 heavy (non-hydrogen) atoms. The van der Waals surface area contributed by atoms with Crippen molar-refractivity contribution in [3.8, 4) is 0 Å². The molecule has 1 aliphatic heterocycles. The van der Waals surface area contributed by atoms with Crippen molar-refractivity contribution in [2.45, 2.75) is 30.8 Å². The van der Waals surface area contributed by atoms with Crippen molar-refractivity contribution >= 4 is 85.5 Å². The number of Topliss-reactive ketones (excluding diaryl/α,β-unsaturated/α-hetero) is 1. The van der Waals surface area contributed by atoms with Crippen LogP contribution in [0.4, 0.5) is 38.9 Å². The molecule has 0 radical (unpaired) electrons. The predicted molar refractivity (Wildman–Crippen MR) is 192 cm³/mol. The number of carbonyl (C=O) groups excluding carboxylic acids is 5. The Morgan fingerprint density at radius 3 is 1.88 bits per heavy atom. The first-order valence-corrected chi connectivity index (χ1v) is 17.3. The molecule has 0 aromatic heterocycles. The van der Waals surface area contributed by atoms with Crippen LogP contribution in [-0.2, 0) is 19.7 Å². The Labute approximate surface area is 401 Å². The maximum atomic E-state index is 13.1. The van der Waals surface area contributed by atoms with Gasteiger partial charge in [0.1, 0.15) is 0 Å². The number of aliphatic imine (C=N–C) groups is 1. The van der Waals surface area contributed by atoms with Gasteiger partial charge in [-0.1, -0.05) is 24.3 Å². The number of amides is 3. The summed E-state index contributed by atoms with van der Waals surface area (Å²) in [5, 5.41) is 61.4. The number of rotatable bonds is 13. The van der Waals surface area contributed by atoms with Gasteiger partial charge in [0, 0.05) is 22.5 Å². The third-order valence-corrected chi connectivity index (χ3v) is 8.43. The Bertz CT molecular complexity index is 2500. The minimum Gasteiger partial charge on any atom is -0.860 e. The van der Waals surface area contributed by atoms with Gasteiger partial charge in [-0.25, -0.2) is 4.79 Å². The van der Waals surface area contributed by atoms with Gasteiger partial charge < -0.3 is 35.5 Å². The van der Waals surface area contributed by atoms with Gasteiger partial charge in [0.15, 0.2) is 17.9 Å². The maximum Gasteiger partial charge on any atom is 1.00 e. The van der Waals surface area contributed by atoms with Crippen molar-refractivity contribution in [1.82, 2.24) is 0 Å². The number of para-hydroxylation sites is 1. The topological polar surface area (TPSA) is 310 Å². The number of aromatic carboxylic acids is 2. The summed E-state index contributed by atoms with van der Waals surface area (Å²) in [6.07, 6.45) is 0. The summed E-state index contributed by atoms with van der Waals surface area (Å²) in [6.45, 7) is 2.52. The molecule has 3 N–H and O–H groups in total. The average molecular weight is 850 g/mol. The number of nitrogens with one attached hydrogen (secondary N) is 2. The molecule has 20 nitrogen and oxygen atoms in total. The number of hydrogen-bond acceptors (Lipinski definition) is 16. The van der Waals surface area contributed by atoms with E-state index in [1.807, 2.05) is 0 Å². The largest absolute Gasteiger partial charge is 1.00 e. The van der Waals surface area contributed by atoms with E-state index in [-0.39, 0.29) is 129 Å². The number of nitrogens with zero attached hydrogens (tertiary/aromatic N) is 7. The van der Waals surface area contributed by atoms with Gasteiger partial charge in [0.25, 0.3) is 16.0 Å². The molecule has 2 unspecified atom stereocenters. The molecule has 0 fully saturated rings. The van der Waals surface area contributed by atoms with E-state index in [2.05, 4.69) is 41.2 Å². The summed E-state index contributed by atoms with van der Waals surface area (Å²) < 4.78 is 32.4. The predicted octanol–water partition coefficient (Wildman–Crippen LogP) is -6.68. The van der Waals surface area contributed by atoms with Crippen LogP contribution in [0.1, 0.15) is 34.6 Å². The minimum absolute atomic E-state index is 0. The Morgan fingerprint density at radius 1 is 0.797 bits per heavy atom. The summed E-state index contributed by atoms with van der Waals surface area (Å²) in [5.41, 5.74) is -1.44. The normalized spacial score (nSPS) is 14.4. The van der Waals surface area contributed by atoms with Crippen molar-refractivity contribution in [2.75, 3.05) is 15.6 Å². The Hall–Kier alpha value is -4.52. The van der Waals surface area contributed by atoms with Crippen molar-refractivity contribution in [3.05, 3.63) is 102 Å². The number of hydrazone groups is 1. The monoisotopic (exact) mass is 849 g/mol. The van der Waals surface area contributed by atoms with E-state index in [9.17, 15) is 52.3 Å². The fourth-order valence-electron chi connectivity index (χ4n) is 4.91. The van der Waals surface area contributed by atoms with Gasteiger partial charge in [0.2, 0.25) is 0 Å². The van der Waals surface area contributed by atoms with Crippen LogP contribution in [0.15, 0.2) is 126 Å². The van der Waals surface area contributed by atoms with Crippen LogP contribution in [0.5, 0.6) is 0 Å². The zero-order valence-electron chi connectivity index (χ0n) is 31.9. The number of ketones is 1. The number of benzene rings is 4. The molecule has 0 aliphatic carbocycles. The van der Waals surface area contributed by atoms with Crippen molar-refractivity contribution < 1.29 is 141 Å². The molecular formula is C35H26N9Na3O11S. The fourth-order valence-corrected chi connectivity index (χ4v) is 5.43. The second-order valence-electron chi connectivity index (χ2n) is 11.6. The van der Waals surface area contributed by atoms with Crippen LogP contribution in [0, 0.1) is 0 Å². The zero-order valence-corrected chi connectivity index (χ0v) is 38.7. The van der Waals surface area contributed by atoms with Crippen LogP contribution < -0.4 is 120 Å². The van der Waals surface area contributed by atoms with Gasteiger partial charge in [0.05, 0.1) is 45.3 Å². The number of carboxylic acid groups (broad SMARTS) is 2. The van der Waals surface area contributed by atoms with E-state index >= 15 is 0 Å². The number of hydrogen-bond donors (Lipinski definition) is 3. The molecule has 2 atom stereocenters. The molecule has 0 saturated heterocycles. The molecule has 24 heteroatoms. The summed E-state index contributed by atoms with van der Waals surface area (Å²) >= 11 is 0. The molecule has 5 rings (SSSR count). The van der Waals surface area contributed by atoms with E-state index in [0.29, 0.717) is 0 Å². The molecule has 4 aromatic carbocycles. The first-order chi connectivity index (χ1) is 26.5. The van der Waals surface area contributed by atoms with Crippen molar-refractivity contribution in [2.24, 2.45) is 30.6 Å². The third-order valence-electron chi connectivity index (χ3n) is 7.58. The van der Waals surface area contributed by atoms with Crippen LogP contribution in [-0.4, -0.2) is 66.3 Å². The molecule has 0 spiro atoms. The standard InChI is InChI=1S/C35H29N9O11S.3Na/c1-18-29(32(47)44(43-18)23-9-6-10-24(17-23)56(53,54)55)41-39-27-13-11-21(15-25(27)33(48)49)37-35(52)38-22-12-14-28(26(16-22)34(50)51)40-42-30(19(2)45)31(46)36-20-7-4-3-5-8-20;;;/h3-17,29-30H,1-2H3,(H,36,46)(H,48,49)(H,50,51)(H2,37,38,52)(H,53,54,55);;;/q;3*+1/p-3. The van der Waals surface area contributed by atoms with Gasteiger partial charge in [-0.2, -0.15) is 39.0 Å². The molecule has 286 valence electrons. The van der Waals surface area contributed by atoms with Gasteiger partial charge in [-0.05, 0) is 86.5 Å². The summed E-state index contributed by atoms with van der Waals surface area (Å²) in [6, 6.07) is 15.6. The molecule has 4 aromatic rings. The quantitative estimate of drug-likeness (QED) is 0.0373. The first-order valence-electron chi connectivity index (χ1n) is 15.9. The smallest absolute Gasteiger partial charge is 0.860 e. The van der Waals surface area contributed by atoms with Crippen molar-refractivity contribution in [3.63, 3.8) is 0 Å². The second kappa shape index (κ2) is 22.2. The zero-order chi connectivity index (χ0) is 40.7. The molecule has 0 bridgehead atoms. The summed E-state index contributed by atoms with van der Waals surface area (Å²) in [7, 11) is -4.58. The first kappa shape index (κ1) is 50.6. The molecule has 3 amide bonds. The Morgan fingerprint density at radius 2 is 1.36 bits per heavy atom. The molecule has 0 saturated carbocycles. The molecular weight excluding hydrogens is 823 g/mol. The molecule has 1 aliphatic rings. The summed E-state index contributed by atoms with van der Waals surface area (Å²) in [5.74, 6) is -5.84. The number of azo groups is 2.